The maximum absolute atomic E-state index is 12.1. The van der Waals surface area contributed by atoms with Gasteiger partial charge in [-0.3, -0.25) is 4.79 Å². The molecule has 0 aromatic rings. The molecule has 1 atom stereocenters. The van der Waals surface area contributed by atoms with Crippen LogP contribution >= 0.6 is 0 Å². The van der Waals surface area contributed by atoms with Gasteiger partial charge in [0.15, 0.2) is 0 Å². The van der Waals surface area contributed by atoms with Gasteiger partial charge >= 0.3 is 0 Å². The fraction of sp³-hybridized carbons (Fsp3) is 0.971. The van der Waals surface area contributed by atoms with Gasteiger partial charge in [0, 0.05) is 12.8 Å². The molecule has 0 heterocycles. The minimum Gasteiger partial charge on any atom is -0.300 e. The number of Topliss-reactive ketones (excluding diaryl/α,β-unsaturated/α-hetero) is 1. The van der Waals surface area contributed by atoms with Crippen molar-refractivity contribution in [1.29, 1.82) is 0 Å². The standard InChI is InChI=1S/C35H70O/c1-4-6-7-8-9-10-11-16-19-22-25-28-32-35(36)33-29-26-23-20-17-14-12-13-15-18-21-24-27-31-34(3)30-5-2/h34H,4-33H2,1-3H3. The van der Waals surface area contributed by atoms with Gasteiger partial charge < -0.3 is 0 Å². The van der Waals surface area contributed by atoms with Gasteiger partial charge in [0.2, 0.25) is 0 Å². The van der Waals surface area contributed by atoms with E-state index >= 15 is 0 Å². The fourth-order valence-electron chi connectivity index (χ4n) is 5.68. The molecule has 0 bridgehead atoms. The van der Waals surface area contributed by atoms with Crippen LogP contribution in [0.2, 0.25) is 0 Å². The molecule has 0 amide bonds. The maximum atomic E-state index is 12.1. The number of carbonyl (C=O) groups is 1. The van der Waals surface area contributed by atoms with Crippen molar-refractivity contribution >= 4 is 5.78 Å². The molecule has 0 aliphatic carbocycles. The van der Waals surface area contributed by atoms with E-state index in [1.165, 1.54) is 167 Å². The first-order chi connectivity index (χ1) is 17.7. The molecule has 0 aliphatic heterocycles. The molecule has 1 unspecified atom stereocenters. The predicted molar refractivity (Wildman–Crippen MR) is 164 cm³/mol. The van der Waals surface area contributed by atoms with Crippen molar-refractivity contribution in [2.75, 3.05) is 0 Å². The van der Waals surface area contributed by atoms with E-state index in [1.807, 2.05) is 0 Å². The SMILES string of the molecule is CCCCCCCCCCCCCCC(=O)CCCCCCCCCCCCCCCC(C)CCC. The third-order valence-electron chi connectivity index (χ3n) is 8.24. The summed E-state index contributed by atoms with van der Waals surface area (Å²) in [4.78, 5) is 12.1. The van der Waals surface area contributed by atoms with E-state index in [2.05, 4.69) is 20.8 Å². The van der Waals surface area contributed by atoms with Crippen molar-refractivity contribution in [3.8, 4) is 0 Å². The molecular formula is C35H70O. The summed E-state index contributed by atoms with van der Waals surface area (Å²) in [5.74, 6) is 1.47. The van der Waals surface area contributed by atoms with Gasteiger partial charge in [-0.2, -0.15) is 0 Å². The summed E-state index contributed by atoms with van der Waals surface area (Å²) in [7, 11) is 0. The van der Waals surface area contributed by atoms with Crippen molar-refractivity contribution in [3.05, 3.63) is 0 Å². The van der Waals surface area contributed by atoms with Gasteiger partial charge in [-0.15, -0.1) is 0 Å². The van der Waals surface area contributed by atoms with Crippen LogP contribution in [0.15, 0.2) is 0 Å². The third kappa shape index (κ3) is 29.9. The Labute approximate surface area is 229 Å². The van der Waals surface area contributed by atoms with E-state index in [-0.39, 0.29) is 0 Å². The van der Waals surface area contributed by atoms with E-state index < -0.39 is 0 Å². The number of rotatable bonds is 31. The highest BCUT2D eigenvalue weighted by Crippen LogP contribution is 2.17. The van der Waals surface area contributed by atoms with Crippen LogP contribution in [0, 0.1) is 5.92 Å². The van der Waals surface area contributed by atoms with Crippen LogP contribution in [0.4, 0.5) is 0 Å². The summed E-state index contributed by atoms with van der Waals surface area (Å²) in [6.45, 7) is 7.01. The molecular weight excluding hydrogens is 436 g/mol. The van der Waals surface area contributed by atoms with Crippen molar-refractivity contribution in [3.63, 3.8) is 0 Å². The van der Waals surface area contributed by atoms with Gasteiger partial charge in [0.1, 0.15) is 5.78 Å². The summed E-state index contributed by atoms with van der Waals surface area (Å²) in [5.41, 5.74) is 0. The van der Waals surface area contributed by atoms with E-state index in [4.69, 9.17) is 0 Å². The van der Waals surface area contributed by atoms with Crippen molar-refractivity contribution < 1.29 is 4.79 Å². The quantitative estimate of drug-likeness (QED) is 0.0854. The Morgan fingerprint density at radius 1 is 0.389 bits per heavy atom. The normalized spacial score (nSPS) is 12.3. The van der Waals surface area contributed by atoms with Gasteiger partial charge in [-0.1, -0.05) is 188 Å². The lowest BCUT2D eigenvalue weighted by Crippen LogP contribution is -1.97. The molecule has 0 aromatic heterocycles. The Kier molecular flexibility index (Phi) is 30.6. The molecule has 36 heavy (non-hydrogen) atoms. The van der Waals surface area contributed by atoms with Crippen molar-refractivity contribution in [1.82, 2.24) is 0 Å². The van der Waals surface area contributed by atoms with Gasteiger partial charge in [0.05, 0.1) is 0 Å². The predicted octanol–water partition coefficient (Wildman–Crippen LogP) is 12.9. The highest BCUT2D eigenvalue weighted by Gasteiger charge is 2.03. The molecule has 1 heteroatoms. The highest BCUT2D eigenvalue weighted by molar-refractivity contribution is 5.78. The largest absolute Gasteiger partial charge is 0.300 e. The average molecular weight is 507 g/mol. The molecule has 0 saturated heterocycles. The first-order valence-electron chi connectivity index (χ1n) is 17.2. The van der Waals surface area contributed by atoms with Crippen LogP contribution in [0.3, 0.4) is 0 Å². The second kappa shape index (κ2) is 30.9. The lowest BCUT2D eigenvalue weighted by atomic mass is 9.98. The second-order valence-electron chi connectivity index (χ2n) is 12.2. The fourth-order valence-corrected chi connectivity index (χ4v) is 5.68. The minimum atomic E-state index is 0.526. The zero-order valence-electron chi connectivity index (χ0n) is 25.7. The second-order valence-corrected chi connectivity index (χ2v) is 12.2. The van der Waals surface area contributed by atoms with Crippen LogP contribution < -0.4 is 0 Å². The highest BCUT2D eigenvalue weighted by atomic mass is 16.1. The number of ketones is 1. The van der Waals surface area contributed by atoms with E-state index in [0.717, 1.165) is 31.6 Å². The molecule has 216 valence electrons. The summed E-state index contributed by atoms with van der Waals surface area (Å²) in [6.07, 6.45) is 40.4. The molecule has 0 aromatic carbocycles. The van der Waals surface area contributed by atoms with Crippen LogP contribution in [-0.4, -0.2) is 5.78 Å². The minimum absolute atomic E-state index is 0.526. The Balaban J connectivity index is 3.17. The topological polar surface area (TPSA) is 17.1 Å². The number of carbonyl (C=O) groups excluding carboxylic acids is 1. The zero-order chi connectivity index (χ0) is 26.4. The van der Waals surface area contributed by atoms with Crippen LogP contribution in [0.5, 0.6) is 0 Å². The molecule has 0 rings (SSSR count). The van der Waals surface area contributed by atoms with Crippen LogP contribution in [0.25, 0.3) is 0 Å². The Bertz CT molecular complexity index is 415. The molecule has 0 N–H and O–H groups in total. The Hall–Kier alpha value is -0.330. The Morgan fingerprint density at radius 3 is 1.03 bits per heavy atom. The number of hydrogen-bond acceptors (Lipinski definition) is 1. The lowest BCUT2D eigenvalue weighted by Gasteiger charge is -2.09. The van der Waals surface area contributed by atoms with Gasteiger partial charge in [0.25, 0.3) is 0 Å². The molecule has 0 aliphatic rings. The molecule has 0 fully saturated rings. The van der Waals surface area contributed by atoms with E-state index in [0.29, 0.717) is 5.78 Å². The van der Waals surface area contributed by atoms with Crippen LogP contribution in [-0.2, 0) is 4.79 Å². The van der Waals surface area contributed by atoms with Crippen molar-refractivity contribution in [2.24, 2.45) is 5.92 Å². The van der Waals surface area contributed by atoms with E-state index in [1.54, 1.807) is 0 Å². The monoisotopic (exact) mass is 507 g/mol. The average Bonchev–Trinajstić information content (AvgIpc) is 2.87. The summed E-state index contributed by atoms with van der Waals surface area (Å²) in [6, 6.07) is 0. The van der Waals surface area contributed by atoms with Gasteiger partial charge in [-0.05, 0) is 18.8 Å². The Morgan fingerprint density at radius 2 is 0.694 bits per heavy atom. The molecule has 0 saturated carbocycles. The smallest absolute Gasteiger partial charge is 0.132 e. The first kappa shape index (κ1) is 35.7. The lowest BCUT2D eigenvalue weighted by molar-refractivity contribution is -0.119. The number of hydrogen-bond donors (Lipinski definition) is 0. The first-order valence-corrected chi connectivity index (χ1v) is 17.2. The summed E-state index contributed by atoms with van der Waals surface area (Å²) >= 11 is 0. The van der Waals surface area contributed by atoms with Crippen molar-refractivity contribution in [2.45, 2.75) is 213 Å². The number of unbranched alkanes of at least 4 members (excludes halogenated alkanes) is 23. The molecule has 0 spiro atoms. The van der Waals surface area contributed by atoms with E-state index in [9.17, 15) is 4.79 Å². The molecule has 1 nitrogen and oxygen atoms in total. The zero-order valence-corrected chi connectivity index (χ0v) is 25.7. The summed E-state index contributed by atoms with van der Waals surface area (Å²) in [5, 5.41) is 0. The third-order valence-corrected chi connectivity index (χ3v) is 8.24. The summed E-state index contributed by atoms with van der Waals surface area (Å²) < 4.78 is 0. The maximum Gasteiger partial charge on any atom is 0.132 e. The molecule has 0 radical (unpaired) electrons. The van der Waals surface area contributed by atoms with Gasteiger partial charge in [-0.25, -0.2) is 0 Å². The van der Waals surface area contributed by atoms with Crippen LogP contribution in [0.1, 0.15) is 213 Å².